The average Bonchev–Trinajstić information content (AvgIpc) is 3.24. The predicted molar refractivity (Wildman–Crippen MR) is 124 cm³/mol. The van der Waals surface area contributed by atoms with Crippen molar-refractivity contribution in [3.63, 3.8) is 0 Å². The maximum atomic E-state index is 11.6. The van der Waals surface area contributed by atoms with Crippen molar-refractivity contribution in [1.29, 1.82) is 5.26 Å². The van der Waals surface area contributed by atoms with E-state index in [0.717, 1.165) is 40.1 Å². The van der Waals surface area contributed by atoms with Crippen LogP contribution in [-0.2, 0) is 22.9 Å². The van der Waals surface area contributed by atoms with Gasteiger partial charge in [-0.2, -0.15) is 5.26 Å². The van der Waals surface area contributed by atoms with E-state index in [2.05, 4.69) is 22.4 Å². The summed E-state index contributed by atoms with van der Waals surface area (Å²) in [6.07, 6.45) is 3.57. The first-order valence-electron chi connectivity index (χ1n) is 9.80. The highest BCUT2D eigenvalue weighted by molar-refractivity contribution is 7.89. The van der Waals surface area contributed by atoms with Gasteiger partial charge in [0.2, 0.25) is 16.0 Å². The van der Waals surface area contributed by atoms with E-state index < -0.39 is 10.0 Å². The van der Waals surface area contributed by atoms with E-state index in [1.165, 1.54) is 17.0 Å². The molecule has 2 heterocycles. The van der Waals surface area contributed by atoms with Crippen LogP contribution in [0.3, 0.4) is 0 Å². The van der Waals surface area contributed by atoms with Crippen LogP contribution in [-0.4, -0.2) is 18.4 Å². The zero-order valence-electron chi connectivity index (χ0n) is 16.7. The highest BCUT2D eigenvalue weighted by atomic mass is 32.2. The Kier molecular flexibility index (Phi) is 4.98. The number of primary sulfonamides is 1. The predicted octanol–water partition coefficient (Wildman–Crippen LogP) is 4.23. The van der Waals surface area contributed by atoms with E-state index in [-0.39, 0.29) is 4.90 Å². The largest absolute Gasteiger partial charge is 0.324 e. The monoisotopic (exact) mass is 459 g/mol. The molecule has 0 aliphatic heterocycles. The number of aryl methyl sites for hydroxylation is 2. The van der Waals surface area contributed by atoms with E-state index in [1.54, 1.807) is 29.5 Å². The molecule has 1 aliphatic carbocycles. The van der Waals surface area contributed by atoms with Gasteiger partial charge in [0, 0.05) is 27.2 Å². The molecule has 0 unspecified atom stereocenters. The van der Waals surface area contributed by atoms with Gasteiger partial charge >= 0.3 is 0 Å². The fourth-order valence-electron chi connectivity index (χ4n) is 3.71. The number of rotatable bonds is 4. The zero-order chi connectivity index (χ0) is 22.3. The molecule has 4 aromatic rings. The van der Waals surface area contributed by atoms with Crippen LogP contribution in [0, 0.1) is 11.3 Å². The van der Waals surface area contributed by atoms with Crippen LogP contribution in [0.5, 0.6) is 0 Å². The van der Waals surface area contributed by atoms with Gasteiger partial charge in [-0.15, -0.1) is 11.3 Å². The van der Waals surface area contributed by atoms with Crippen molar-refractivity contribution >= 4 is 33.0 Å². The van der Waals surface area contributed by atoms with Gasteiger partial charge in [-0.3, -0.25) is 0 Å². The first-order valence-corrected chi connectivity index (χ1v) is 12.2. The molecule has 0 saturated carbocycles. The van der Waals surface area contributed by atoms with Crippen molar-refractivity contribution in [2.75, 3.05) is 5.32 Å². The van der Waals surface area contributed by atoms with E-state index in [1.807, 2.05) is 24.4 Å². The van der Waals surface area contributed by atoms with Crippen LogP contribution in [0.25, 0.3) is 21.7 Å². The number of nitrogens with one attached hydrogen (secondary N) is 1. The summed E-state index contributed by atoms with van der Waals surface area (Å²) in [5, 5.41) is 17.5. The van der Waals surface area contributed by atoms with Crippen LogP contribution in [0.15, 0.2) is 65.7 Å². The van der Waals surface area contributed by atoms with Gasteiger partial charge < -0.3 is 5.32 Å². The average molecular weight is 460 g/mol. The number of benzene rings is 2. The minimum absolute atomic E-state index is 0.0184. The van der Waals surface area contributed by atoms with Crippen molar-refractivity contribution in [3.05, 3.63) is 76.8 Å². The van der Waals surface area contributed by atoms with Crippen LogP contribution in [0.1, 0.15) is 16.0 Å². The minimum Gasteiger partial charge on any atom is -0.324 e. The molecular weight excluding hydrogens is 442 g/mol. The van der Waals surface area contributed by atoms with Gasteiger partial charge in [-0.25, -0.2) is 23.5 Å². The molecule has 158 valence electrons. The Bertz CT molecular complexity index is 1500. The van der Waals surface area contributed by atoms with E-state index >= 15 is 0 Å². The molecule has 0 amide bonds. The SMILES string of the molecule is N#Cc1cccc(-c2cc3c(s2)CCc2cnc(Nc4cccc(S(N)(=O)=O)c4)nc2-3)c1. The number of nitrogens with two attached hydrogens (primary N) is 1. The molecule has 0 radical (unpaired) electrons. The third kappa shape index (κ3) is 3.87. The van der Waals surface area contributed by atoms with Gasteiger partial charge in [-0.1, -0.05) is 18.2 Å². The van der Waals surface area contributed by atoms with Crippen LogP contribution >= 0.6 is 11.3 Å². The highest BCUT2D eigenvalue weighted by Crippen LogP contribution is 2.41. The minimum atomic E-state index is -3.80. The second-order valence-electron chi connectivity index (χ2n) is 7.41. The second-order valence-corrected chi connectivity index (χ2v) is 10.1. The molecule has 0 spiro atoms. The number of sulfonamides is 1. The van der Waals surface area contributed by atoms with Crippen LogP contribution < -0.4 is 10.5 Å². The summed E-state index contributed by atoms with van der Waals surface area (Å²) in [4.78, 5) is 11.5. The molecule has 3 N–H and O–H groups in total. The number of fused-ring (bicyclic) bond motifs is 3. The van der Waals surface area contributed by atoms with Crippen molar-refractivity contribution in [2.24, 2.45) is 5.14 Å². The molecule has 5 rings (SSSR count). The number of nitrogens with zero attached hydrogens (tertiary/aromatic N) is 3. The lowest BCUT2D eigenvalue weighted by Crippen LogP contribution is -2.12. The summed E-state index contributed by atoms with van der Waals surface area (Å²) >= 11 is 1.71. The summed E-state index contributed by atoms with van der Waals surface area (Å²) < 4.78 is 23.3. The Morgan fingerprint density at radius 3 is 2.75 bits per heavy atom. The van der Waals surface area contributed by atoms with Crippen LogP contribution in [0.4, 0.5) is 11.6 Å². The van der Waals surface area contributed by atoms with Crippen molar-refractivity contribution < 1.29 is 8.42 Å². The fraction of sp³-hybridized carbons (Fsp3) is 0.0870. The normalized spacial score (nSPS) is 12.5. The topological polar surface area (TPSA) is 122 Å². The van der Waals surface area contributed by atoms with Gasteiger partial charge in [0.15, 0.2) is 0 Å². The maximum absolute atomic E-state index is 11.6. The molecule has 0 bridgehead atoms. The number of thiophene rings is 1. The van der Waals surface area contributed by atoms with Gasteiger partial charge in [-0.05, 0) is 60.4 Å². The summed E-state index contributed by atoms with van der Waals surface area (Å²) in [5.41, 5.74) is 5.17. The molecule has 32 heavy (non-hydrogen) atoms. The first-order chi connectivity index (χ1) is 15.4. The molecule has 0 fully saturated rings. The lowest BCUT2D eigenvalue weighted by atomic mass is 9.96. The zero-order valence-corrected chi connectivity index (χ0v) is 18.4. The molecule has 7 nitrogen and oxygen atoms in total. The smallest absolute Gasteiger partial charge is 0.238 e. The number of aromatic nitrogens is 2. The molecule has 2 aromatic carbocycles. The summed E-state index contributed by atoms with van der Waals surface area (Å²) in [6.45, 7) is 0. The lowest BCUT2D eigenvalue weighted by Gasteiger charge is -2.16. The Morgan fingerprint density at radius 2 is 1.94 bits per heavy atom. The summed E-state index contributed by atoms with van der Waals surface area (Å²) in [7, 11) is -3.80. The quantitative estimate of drug-likeness (QED) is 0.471. The number of hydrogen-bond donors (Lipinski definition) is 2. The third-order valence-electron chi connectivity index (χ3n) is 5.24. The van der Waals surface area contributed by atoms with E-state index in [9.17, 15) is 13.7 Å². The number of anilines is 2. The number of nitriles is 1. The third-order valence-corrected chi connectivity index (χ3v) is 7.40. The van der Waals surface area contributed by atoms with Crippen molar-refractivity contribution in [2.45, 2.75) is 17.7 Å². The van der Waals surface area contributed by atoms with Gasteiger partial charge in [0.1, 0.15) is 0 Å². The molecule has 9 heteroatoms. The standard InChI is InChI=1S/C23H17N5O2S2/c24-12-14-3-1-4-15(9-14)21-11-19-20(31-21)8-7-16-13-26-23(28-22(16)19)27-17-5-2-6-18(10-17)32(25,29)30/h1-6,9-11,13H,7-8H2,(H2,25,29,30)(H,26,27,28). The second kappa shape index (κ2) is 7.84. The Labute approximate surface area is 189 Å². The van der Waals surface area contributed by atoms with E-state index in [0.29, 0.717) is 17.2 Å². The molecule has 1 aliphatic rings. The first kappa shape index (κ1) is 20.3. The lowest BCUT2D eigenvalue weighted by molar-refractivity contribution is 0.598. The Morgan fingerprint density at radius 1 is 1.09 bits per heavy atom. The Balaban J connectivity index is 1.50. The van der Waals surface area contributed by atoms with Crippen LogP contribution in [0.2, 0.25) is 0 Å². The van der Waals surface area contributed by atoms with Gasteiger partial charge in [0.25, 0.3) is 0 Å². The highest BCUT2D eigenvalue weighted by Gasteiger charge is 2.22. The molecule has 2 aromatic heterocycles. The molecular formula is C23H17N5O2S2. The summed E-state index contributed by atoms with van der Waals surface area (Å²) in [6, 6.07) is 18.1. The number of hydrogen-bond acceptors (Lipinski definition) is 7. The van der Waals surface area contributed by atoms with Crippen molar-refractivity contribution in [3.8, 4) is 27.8 Å². The molecule has 0 saturated heterocycles. The fourth-order valence-corrected chi connectivity index (χ4v) is 5.43. The summed E-state index contributed by atoms with van der Waals surface area (Å²) in [5.74, 6) is 0.377. The maximum Gasteiger partial charge on any atom is 0.238 e. The van der Waals surface area contributed by atoms with Gasteiger partial charge in [0.05, 0.1) is 22.2 Å². The van der Waals surface area contributed by atoms with E-state index in [4.69, 9.17) is 10.1 Å². The Hall–Kier alpha value is -3.58. The van der Waals surface area contributed by atoms with Crippen molar-refractivity contribution in [1.82, 2.24) is 9.97 Å². The molecule has 0 atom stereocenters.